The molecule has 0 bridgehead atoms. The molecule has 3 N–H and O–H groups in total. The molecule has 6 nitrogen and oxygen atoms in total. The molecule has 1 amide bonds. The van der Waals surface area contributed by atoms with Crippen LogP contribution >= 0.6 is 0 Å². The van der Waals surface area contributed by atoms with Gasteiger partial charge >= 0.3 is 0 Å². The second-order valence-corrected chi connectivity index (χ2v) is 4.05. The molecule has 0 aliphatic rings. The van der Waals surface area contributed by atoms with Gasteiger partial charge in [0.1, 0.15) is 6.54 Å². The average molecular weight is 258 g/mol. The molecule has 0 heterocycles. The molecule has 106 valence electrons. The minimum absolute atomic E-state index is 0.0616. The Kier molecular flexibility index (Phi) is 10.0. The van der Waals surface area contributed by atoms with Crippen LogP contribution in [0, 0.1) is 0 Å². The highest BCUT2D eigenvalue weighted by Crippen LogP contribution is 1.84. The van der Waals surface area contributed by atoms with Crippen molar-refractivity contribution in [2.24, 2.45) is 4.99 Å². The molecule has 18 heavy (non-hydrogen) atoms. The summed E-state index contributed by atoms with van der Waals surface area (Å²) in [5.41, 5.74) is 0. The molecule has 0 aliphatic heterocycles. The van der Waals surface area contributed by atoms with Crippen LogP contribution in [0.4, 0.5) is 0 Å². The van der Waals surface area contributed by atoms with E-state index in [0.717, 1.165) is 13.0 Å². The third kappa shape index (κ3) is 8.81. The fourth-order valence-corrected chi connectivity index (χ4v) is 1.32. The SMILES string of the molecule is CCCNC(=O)CN=C(NCC)NC(C)COC. The van der Waals surface area contributed by atoms with E-state index in [1.165, 1.54) is 0 Å². The van der Waals surface area contributed by atoms with Gasteiger partial charge in [-0.1, -0.05) is 6.92 Å². The van der Waals surface area contributed by atoms with Gasteiger partial charge in [0.25, 0.3) is 0 Å². The predicted octanol–water partition coefficient (Wildman–Crippen LogP) is 0.103. The zero-order valence-corrected chi connectivity index (χ0v) is 11.9. The van der Waals surface area contributed by atoms with Crippen LogP contribution < -0.4 is 16.0 Å². The molecule has 1 unspecified atom stereocenters. The van der Waals surface area contributed by atoms with Crippen LogP contribution in [0.3, 0.4) is 0 Å². The number of hydrogen-bond donors (Lipinski definition) is 3. The summed E-state index contributed by atoms with van der Waals surface area (Å²) >= 11 is 0. The van der Waals surface area contributed by atoms with E-state index in [-0.39, 0.29) is 18.5 Å². The maximum absolute atomic E-state index is 11.4. The van der Waals surface area contributed by atoms with Crippen molar-refractivity contribution in [2.75, 3.05) is 33.4 Å². The minimum Gasteiger partial charge on any atom is -0.383 e. The molecule has 0 saturated carbocycles. The molecule has 0 radical (unpaired) electrons. The molecule has 0 saturated heterocycles. The number of guanidine groups is 1. The summed E-state index contributed by atoms with van der Waals surface area (Å²) < 4.78 is 5.04. The Morgan fingerprint density at radius 2 is 2.06 bits per heavy atom. The number of hydrogen-bond acceptors (Lipinski definition) is 3. The first kappa shape index (κ1) is 16.7. The summed E-state index contributed by atoms with van der Waals surface area (Å²) in [7, 11) is 1.65. The lowest BCUT2D eigenvalue weighted by Crippen LogP contribution is -2.44. The Bertz CT molecular complexity index is 256. The van der Waals surface area contributed by atoms with Gasteiger partial charge in [0.2, 0.25) is 5.91 Å². The maximum Gasteiger partial charge on any atom is 0.241 e. The third-order valence-electron chi connectivity index (χ3n) is 2.10. The first-order valence-corrected chi connectivity index (χ1v) is 6.44. The lowest BCUT2D eigenvalue weighted by atomic mass is 10.4. The van der Waals surface area contributed by atoms with Crippen molar-refractivity contribution in [3.8, 4) is 0 Å². The average Bonchev–Trinajstić information content (AvgIpc) is 2.34. The Morgan fingerprint density at radius 1 is 1.33 bits per heavy atom. The van der Waals surface area contributed by atoms with Crippen LogP contribution in [-0.2, 0) is 9.53 Å². The molecule has 0 aromatic carbocycles. The van der Waals surface area contributed by atoms with Gasteiger partial charge in [-0.15, -0.1) is 0 Å². The Hall–Kier alpha value is -1.30. The molecule has 0 spiro atoms. The van der Waals surface area contributed by atoms with Crippen molar-refractivity contribution in [2.45, 2.75) is 33.2 Å². The van der Waals surface area contributed by atoms with Crippen LogP contribution in [0.2, 0.25) is 0 Å². The second-order valence-electron chi connectivity index (χ2n) is 4.05. The van der Waals surface area contributed by atoms with E-state index >= 15 is 0 Å². The van der Waals surface area contributed by atoms with Gasteiger partial charge in [-0.25, -0.2) is 4.99 Å². The first-order chi connectivity index (χ1) is 8.63. The number of rotatable bonds is 8. The molecule has 0 rings (SSSR count). The van der Waals surface area contributed by atoms with Crippen LogP contribution in [0.1, 0.15) is 27.2 Å². The van der Waals surface area contributed by atoms with E-state index in [1.807, 2.05) is 20.8 Å². The topological polar surface area (TPSA) is 74.8 Å². The van der Waals surface area contributed by atoms with E-state index in [9.17, 15) is 4.79 Å². The standard InChI is InChI=1S/C12H26N4O2/c1-5-7-14-11(17)8-15-12(13-6-2)16-10(3)9-18-4/h10H,5-9H2,1-4H3,(H,14,17)(H2,13,15,16). The van der Waals surface area contributed by atoms with Crippen molar-refractivity contribution in [1.29, 1.82) is 0 Å². The third-order valence-corrected chi connectivity index (χ3v) is 2.10. The van der Waals surface area contributed by atoms with Gasteiger partial charge in [0, 0.05) is 26.2 Å². The smallest absolute Gasteiger partial charge is 0.241 e. The highest BCUT2D eigenvalue weighted by Gasteiger charge is 2.05. The Morgan fingerprint density at radius 3 is 2.61 bits per heavy atom. The molecule has 0 aromatic heterocycles. The first-order valence-electron chi connectivity index (χ1n) is 6.44. The number of amides is 1. The Balaban J connectivity index is 4.17. The number of carbonyl (C=O) groups excluding carboxylic acids is 1. The second kappa shape index (κ2) is 10.8. The monoisotopic (exact) mass is 258 g/mol. The quantitative estimate of drug-likeness (QED) is 0.426. The van der Waals surface area contributed by atoms with Crippen LogP contribution in [0.15, 0.2) is 4.99 Å². The number of aliphatic imine (C=N–C) groups is 1. The summed E-state index contributed by atoms with van der Waals surface area (Å²) in [4.78, 5) is 15.6. The van der Waals surface area contributed by atoms with Crippen molar-refractivity contribution in [3.05, 3.63) is 0 Å². The molecule has 0 aliphatic carbocycles. The molecule has 0 aromatic rings. The lowest BCUT2D eigenvalue weighted by Gasteiger charge is -2.16. The normalized spacial score (nSPS) is 13.0. The van der Waals surface area contributed by atoms with Gasteiger partial charge in [-0.3, -0.25) is 4.79 Å². The van der Waals surface area contributed by atoms with E-state index in [0.29, 0.717) is 19.1 Å². The van der Waals surface area contributed by atoms with E-state index in [4.69, 9.17) is 4.74 Å². The van der Waals surface area contributed by atoms with Crippen LogP contribution in [-0.4, -0.2) is 51.3 Å². The molecule has 1 atom stereocenters. The van der Waals surface area contributed by atoms with Gasteiger partial charge < -0.3 is 20.7 Å². The summed E-state index contributed by atoms with van der Waals surface area (Å²) in [5, 5.41) is 9.03. The van der Waals surface area contributed by atoms with E-state index in [1.54, 1.807) is 7.11 Å². The summed E-state index contributed by atoms with van der Waals surface area (Å²) in [6, 6.07) is 0.145. The highest BCUT2D eigenvalue weighted by molar-refractivity contribution is 5.85. The van der Waals surface area contributed by atoms with Crippen molar-refractivity contribution < 1.29 is 9.53 Å². The molecule has 0 fully saturated rings. The molecule has 6 heteroatoms. The van der Waals surface area contributed by atoms with Crippen molar-refractivity contribution in [1.82, 2.24) is 16.0 Å². The Labute approximate surface area is 110 Å². The van der Waals surface area contributed by atoms with Crippen molar-refractivity contribution in [3.63, 3.8) is 0 Å². The minimum atomic E-state index is -0.0616. The fraction of sp³-hybridized carbons (Fsp3) is 0.833. The zero-order valence-electron chi connectivity index (χ0n) is 11.9. The van der Waals surface area contributed by atoms with E-state index in [2.05, 4.69) is 20.9 Å². The number of methoxy groups -OCH3 is 1. The zero-order chi connectivity index (χ0) is 13.8. The van der Waals surface area contributed by atoms with Gasteiger partial charge in [0.15, 0.2) is 5.96 Å². The van der Waals surface area contributed by atoms with E-state index < -0.39 is 0 Å². The number of carbonyl (C=O) groups is 1. The van der Waals surface area contributed by atoms with Gasteiger partial charge in [0.05, 0.1) is 6.61 Å². The van der Waals surface area contributed by atoms with Crippen LogP contribution in [0.5, 0.6) is 0 Å². The largest absolute Gasteiger partial charge is 0.383 e. The molecular weight excluding hydrogens is 232 g/mol. The summed E-state index contributed by atoms with van der Waals surface area (Å²) in [5.74, 6) is 0.571. The molecular formula is C12H26N4O2. The fourth-order valence-electron chi connectivity index (χ4n) is 1.32. The van der Waals surface area contributed by atoms with Crippen molar-refractivity contribution >= 4 is 11.9 Å². The predicted molar refractivity (Wildman–Crippen MR) is 73.8 cm³/mol. The summed E-state index contributed by atoms with van der Waals surface area (Å²) in [6.07, 6.45) is 0.929. The maximum atomic E-state index is 11.4. The lowest BCUT2D eigenvalue weighted by molar-refractivity contribution is -0.119. The van der Waals surface area contributed by atoms with Gasteiger partial charge in [-0.2, -0.15) is 0 Å². The van der Waals surface area contributed by atoms with Crippen LogP contribution in [0.25, 0.3) is 0 Å². The highest BCUT2D eigenvalue weighted by atomic mass is 16.5. The number of nitrogens with zero attached hydrogens (tertiary/aromatic N) is 1. The van der Waals surface area contributed by atoms with Gasteiger partial charge in [-0.05, 0) is 20.3 Å². The number of ether oxygens (including phenoxy) is 1. The number of nitrogens with one attached hydrogen (secondary N) is 3. The summed E-state index contributed by atoms with van der Waals surface area (Å²) in [6.45, 7) is 8.16.